The largest absolute Gasteiger partial charge is 0.398 e. The molecule has 0 atom stereocenters. The van der Waals surface area contributed by atoms with Crippen LogP contribution in [0.15, 0.2) is 36.4 Å². The Kier molecular flexibility index (Phi) is 4.43. The molecule has 0 radical (unpaired) electrons. The number of carbonyl (C=O) groups excluding carboxylic acids is 2. The summed E-state index contributed by atoms with van der Waals surface area (Å²) in [6.45, 7) is 0. The second-order valence-corrected chi connectivity index (χ2v) is 4.20. The Balaban J connectivity index is 0.000001000. The molecular formula is C14H12Cl2N2O2. The minimum absolute atomic E-state index is 0. The van der Waals surface area contributed by atoms with Crippen molar-refractivity contribution in [3.8, 4) is 0 Å². The summed E-state index contributed by atoms with van der Waals surface area (Å²) in [7, 11) is 0. The van der Waals surface area contributed by atoms with Gasteiger partial charge in [0.25, 0.3) is 0 Å². The van der Waals surface area contributed by atoms with Crippen LogP contribution in [0, 0.1) is 0 Å². The number of halogens is 2. The van der Waals surface area contributed by atoms with E-state index in [0.29, 0.717) is 22.5 Å². The number of benzene rings is 2. The third-order valence-electron chi connectivity index (χ3n) is 3.14. The van der Waals surface area contributed by atoms with Crippen LogP contribution < -0.4 is 11.5 Å². The van der Waals surface area contributed by atoms with Gasteiger partial charge in [0, 0.05) is 22.5 Å². The van der Waals surface area contributed by atoms with Crippen molar-refractivity contribution in [3.63, 3.8) is 0 Å². The van der Waals surface area contributed by atoms with E-state index in [0.717, 1.165) is 0 Å². The van der Waals surface area contributed by atoms with Crippen molar-refractivity contribution in [2.75, 3.05) is 11.5 Å². The molecule has 0 fully saturated rings. The Morgan fingerprint density at radius 3 is 1.35 bits per heavy atom. The molecular weight excluding hydrogens is 299 g/mol. The summed E-state index contributed by atoms with van der Waals surface area (Å²) >= 11 is 0. The van der Waals surface area contributed by atoms with Crippen molar-refractivity contribution in [1.29, 1.82) is 0 Å². The normalized spacial score (nSPS) is 11.8. The lowest BCUT2D eigenvalue weighted by Crippen LogP contribution is -2.23. The first-order chi connectivity index (χ1) is 8.61. The Hall–Kier alpha value is -2.04. The fourth-order valence-corrected chi connectivity index (χ4v) is 2.29. The zero-order valence-electron chi connectivity index (χ0n) is 10.3. The van der Waals surface area contributed by atoms with E-state index in [9.17, 15) is 9.59 Å². The fraction of sp³-hybridized carbons (Fsp3) is 0. The molecule has 0 heterocycles. The van der Waals surface area contributed by atoms with Crippen LogP contribution >= 0.6 is 24.8 Å². The standard InChI is InChI=1S/C14H10N2O2.2ClH/c15-9-5-1-3-7-11(9)14(18)8-4-2-6-10(16)12(8)13(7)17;;/h1-6H,15-16H2;2*1H. The number of nitrogen functional groups attached to an aromatic ring is 2. The molecule has 0 amide bonds. The number of hydrogen-bond acceptors (Lipinski definition) is 4. The Labute approximate surface area is 128 Å². The van der Waals surface area contributed by atoms with Gasteiger partial charge in [-0.15, -0.1) is 24.8 Å². The van der Waals surface area contributed by atoms with Crippen LogP contribution in [0.1, 0.15) is 31.8 Å². The Bertz CT molecular complexity index is 653. The van der Waals surface area contributed by atoms with E-state index in [1.165, 1.54) is 0 Å². The summed E-state index contributed by atoms with van der Waals surface area (Å²) in [6, 6.07) is 9.73. The fourth-order valence-electron chi connectivity index (χ4n) is 2.29. The van der Waals surface area contributed by atoms with Gasteiger partial charge in [-0.2, -0.15) is 0 Å². The first kappa shape index (κ1) is 16.0. The molecule has 4 nitrogen and oxygen atoms in total. The highest BCUT2D eigenvalue weighted by Gasteiger charge is 2.32. The van der Waals surface area contributed by atoms with Gasteiger partial charge in [0.2, 0.25) is 0 Å². The molecule has 0 aromatic heterocycles. The van der Waals surface area contributed by atoms with Gasteiger partial charge in [-0.05, 0) is 12.1 Å². The van der Waals surface area contributed by atoms with Crippen molar-refractivity contribution in [1.82, 2.24) is 0 Å². The quantitative estimate of drug-likeness (QED) is 0.624. The number of nitrogens with two attached hydrogens (primary N) is 2. The molecule has 0 spiro atoms. The minimum atomic E-state index is -0.245. The highest BCUT2D eigenvalue weighted by atomic mass is 35.5. The van der Waals surface area contributed by atoms with Gasteiger partial charge in [0.15, 0.2) is 11.6 Å². The van der Waals surface area contributed by atoms with Gasteiger partial charge in [-0.1, -0.05) is 24.3 Å². The molecule has 1 aliphatic rings. The number of hydrogen-bond donors (Lipinski definition) is 2. The van der Waals surface area contributed by atoms with Crippen LogP contribution in [-0.2, 0) is 0 Å². The van der Waals surface area contributed by atoms with Crippen molar-refractivity contribution < 1.29 is 9.59 Å². The molecule has 0 bridgehead atoms. The summed E-state index contributed by atoms with van der Waals surface area (Å²) < 4.78 is 0. The summed E-state index contributed by atoms with van der Waals surface area (Å²) in [5.41, 5.74) is 13.4. The lowest BCUT2D eigenvalue weighted by molar-refractivity contribution is 0.0980. The zero-order chi connectivity index (χ0) is 12.9. The summed E-state index contributed by atoms with van der Waals surface area (Å²) in [5, 5.41) is 0. The molecule has 0 aliphatic heterocycles. The van der Waals surface area contributed by atoms with Gasteiger partial charge in [-0.25, -0.2) is 0 Å². The Morgan fingerprint density at radius 1 is 0.650 bits per heavy atom. The molecule has 2 aromatic rings. The predicted molar refractivity (Wildman–Crippen MR) is 83.1 cm³/mol. The third kappa shape index (κ3) is 2.03. The molecule has 20 heavy (non-hydrogen) atoms. The highest BCUT2D eigenvalue weighted by molar-refractivity contribution is 6.31. The molecule has 0 unspecified atom stereocenters. The van der Waals surface area contributed by atoms with Crippen LogP contribution in [0.3, 0.4) is 0 Å². The van der Waals surface area contributed by atoms with Crippen LogP contribution in [0.5, 0.6) is 0 Å². The number of anilines is 2. The van der Waals surface area contributed by atoms with Gasteiger partial charge in [0.05, 0.1) is 11.1 Å². The Morgan fingerprint density at radius 2 is 1.00 bits per heavy atom. The van der Waals surface area contributed by atoms with E-state index in [2.05, 4.69) is 0 Å². The monoisotopic (exact) mass is 310 g/mol. The lowest BCUT2D eigenvalue weighted by atomic mass is 9.82. The van der Waals surface area contributed by atoms with Gasteiger partial charge in [0.1, 0.15) is 0 Å². The topological polar surface area (TPSA) is 86.2 Å². The highest BCUT2D eigenvalue weighted by Crippen LogP contribution is 2.33. The van der Waals surface area contributed by atoms with Crippen molar-refractivity contribution in [3.05, 3.63) is 58.7 Å². The van der Waals surface area contributed by atoms with Crippen molar-refractivity contribution >= 4 is 47.8 Å². The minimum Gasteiger partial charge on any atom is -0.398 e. The first-order valence-electron chi connectivity index (χ1n) is 5.47. The van der Waals surface area contributed by atoms with Crippen LogP contribution in [0.2, 0.25) is 0 Å². The maximum Gasteiger partial charge on any atom is 0.196 e. The molecule has 104 valence electrons. The molecule has 0 saturated carbocycles. The number of ketones is 2. The number of rotatable bonds is 0. The average molecular weight is 311 g/mol. The smallest absolute Gasteiger partial charge is 0.196 e. The van der Waals surface area contributed by atoms with E-state index >= 15 is 0 Å². The zero-order valence-corrected chi connectivity index (χ0v) is 11.9. The number of carbonyl (C=O) groups is 2. The average Bonchev–Trinajstić information content (AvgIpc) is 2.35. The summed E-state index contributed by atoms with van der Waals surface area (Å²) in [5.74, 6) is -0.491. The second-order valence-electron chi connectivity index (χ2n) is 4.20. The summed E-state index contributed by atoms with van der Waals surface area (Å²) in [4.78, 5) is 24.7. The van der Waals surface area contributed by atoms with Crippen LogP contribution in [0.25, 0.3) is 0 Å². The second kappa shape index (κ2) is 5.53. The van der Waals surface area contributed by atoms with Crippen LogP contribution in [-0.4, -0.2) is 11.6 Å². The molecule has 1 aliphatic carbocycles. The van der Waals surface area contributed by atoms with E-state index in [-0.39, 0.29) is 47.5 Å². The maximum absolute atomic E-state index is 12.3. The van der Waals surface area contributed by atoms with Gasteiger partial charge in [-0.3, -0.25) is 9.59 Å². The maximum atomic E-state index is 12.3. The lowest BCUT2D eigenvalue weighted by Gasteiger charge is -2.19. The van der Waals surface area contributed by atoms with E-state index in [1.807, 2.05) is 0 Å². The molecule has 6 heteroatoms. The molecule has 0 saturated heterocycles. The van der Waals surface area contributed by atoms with Crippen molar-refractivity contribution in [2.24, 2.45) is 0 Å². The van der Waals surface area contributed by atoms with Gasteiger partial charge >= 0.3 is 0 Å². The number of fused-ring (bicyclic) bond motifs is 2. The SMILES string of the molecule is Cl.Cl.Nc1cccc2c1C(=O)c1cccc(N)c1C2=O. The van der Waals surface area contributed by atoms with E-state index in [1.54, 1.807) is 36.4 Å². The van der Waals surface area contributed by atoms with Crippen LogP contribution in [0.4, 0.5) is 11.4 Å². The van der Waals surface area contributed by atoms with E-state index in [4.69, 9.17) is 11.5 Å². The van der Waals surface area contributed by atoms with Gasteiger partial charge < -0.3 is 11.5 Å². The summed E-state index contributed by atoms with van der Waals surface area (Å²) in [6.07, 6.45) is 0. The molecule has 3 rings (SSSR count). The third-order valence-corrected chi connectivity index (χ3v) is 3.14. The first-order valence-corrected chi connectivity index (χ1v) is 5.47. The molecule has 2 aromatic carbocycles. The van der Waals surface area contributed by atoms with E-state index < -0.39 is 0 Å². The molecule has 4 N–H and O–H groups in total. The van der Waals surface area contributed by atoms with Crippen molar-refractivity contribution in [2.45, 2.75) is 0 Å². The predicted octanol–water partition coefficient (Wildman–Crippen LogP) is 2.47.